The zero-order chi connectivity index (χ0) is 13.0. The molecule has 0 saturated carbocycles. The van der Waals surface area contributed by atoms with Crippen molar-refractivity contribution in [2.24, 2.45) is 5.41 Å². The second-order valence-electron chi connectivity index (χ2n) is 5.46. The quantitative estimate of drug-likeness (QED) is 0.755. The van der Waals surface area contributed by atoms with Crippen molar-refractivity contribution in [1.82, 2.24) is 4.90 Å². The van der Waals surface area contributed by atoms with E-state index in [-0.39, 0.29) is 19.8 Å². The van der Waals surface area contributed by atoms with Crippen LogP contribution in [0.2, 0.25) is 0 Å². The molecule has 0 bridgehead atoms. The van der Waals surface area contributed by atoms with Gasteiger partial charge in [0.05, 0.1) is 13.2 Å². The standard InChI is InChI=1S/C11H23NO4/c1-10(2,3)16-9(15)12(5)6-11(4,7-13)8-14/h13-14H,6-8H2,1-5H3. The van der Waals surface area contributed by atoms with Gasteiger partial charge in [-0.05, 0) is 20.8 Å². The van der Waals surface area contributed by atoms with E-state index in [2.05, 4.69) is 0 Å². The molecule has 0 saturated heterocycles. The van der Waals surface area contributed by atoms with Crippen LogP contribution in [0.5, 0.6) is 0 Å². The first kappa shape index (κ1) is 15.2. The summed E-state index contributed by atoms with van der Waals surface area (Å²) in [4.78, 5) is 13.0. The molecule has 0 spiro atoms. The van der Waals surface area contributed by atoms with Crippen LogP contribution in [0.4, 0.5) is 4.79 Å². The van der Waals surface area contributed by atoms with Gasteiger partial charge in [-0.15, -0.1) is 0 Å². The molecule has 0 radical (unpaired) electrons. The molecule has 96 valence electrons. The van der Waals surface area contributed by atoms with Crippen LogP contribution in [0.15, 0.2) is 0 Å². The molecule has 0 fully saturated rings. The van der Waals surface area contributed by atoms with E-state index in [0.29, 0.717) is 0 Å². The highest BCUT2D eigenvalue weighted by Gasteiger charge is 2.28. The highest BCUT2D eigenvalue weighted by atomic mass is 16.6. The predicted molar refractivity (Wildman–Crippen MR) is 61.1 cm³/mol. The van der Waals surface area contributed by atoms with Gasteiger partial charge in [0.1, 0.15) is 5.60 Å². The highest BCUT2D eigenvalue weighted by Crippen LogP contribution is 2.17. The van der Waals surface area contributed by atoms with Crippen LogP contribution in [0.3, 0.4) is 0 Å². The molecule has 16 heavy (non-hydrogen) atoms. The maximum atomic E-state index is 11.6. The molecular weight excluding hydrogens is 210 g/mol. The van der Waals surface area contributed by atoms with Crippen molar-refractivity contribution in [2.75, 3.05) is 26.8 Å². The number of hydrogen-bond acceptors (Lipinski definition) is 4. The van der Waals surface area contributed by atoms with E-state index < -0.39 is 17.1 Å². The van der Waals surface area contributed by atoms with Gasteiger partial charge in [0.2, 0.25) is 0 Å². The SMILES string of the molecule is CN(CC(C)(CO)CO)C(=O)OC(C)(C)C. The molecule has 0 aromatic rings. The largest absolute Gasteiger partial charge is 0.444 e. The Hall–Kier alpha value is -0.810. The molecule has 0 aliphatic rings. The first-order valence-electron chi connectivity index (χ1n) is 5.29. The van der Waals surface area contributed by atoms with Crippen LogP contribution in [0.25, 0.3) is 0 Å². The van der Waals surface area contributed by atoms with E-state index in [4.69, 9.17) is 14.9 Å². The molecular formula is C11H23NO4. The Bertz CT molecular complexity index is 231. The average Bonchev–Trinajstić information content (AvgIpc) is 2.15. The number of carbonyl (C=O) groups is 1. The van der Waals surface area contributed by atoms with Gasteiger partial charge in [0.15, 0.2) is 0 Å². The van der Waals surface area contributed by atoms with Crippen molar-refractivity contribution in [3.05, 3.63) is 0 Å². The maximum absolute atomic E-state index is 11.6. The van der Waals surface area contributed by atoms with Crippen molar-refractivity contribution < 1.29 is 19.7 Å². The topological polar surface area (TPSA) is 70.0 Å². The fourth-order valence-electron chi connectivity index (χ4n) is 1.13. The Kier molecular flexibility index (Phi) is 5.22. The summed E-state index contributed by atoms with van der Waals surface area (Å²) in [6.07, 6.45) is -0.458. The van der Waals surface area contributed by atoms with Crippen LogP contribution in [0.1, 0.15) is 27.7 Å². The van der Waals surface area contributed by atoms with E-state index in [9.17, 15) is 4.79 Å². The second-order valence-corrected chi connectivity index (χ2v) is 5.46. The Morgan fingerprint density at radius 1 is 1.19 bits per heavy atom. The van der Waals surface area contributed by atoms with Crippen LogP contribution >= 0.6 is 0 Å². The fraction of sp³-hybridized carbons (Fsp3) is 0.909. The molecule has 0 aromatic heterocycles. The number of rotatable bonds is 4. The second kappa shape index (κ2) is 5.50. The molecule has 0 aromatic carbocycles. The summed E-state index contributed by atoms with van der Waals surface area (Å²) in [5.41, 5.74) is -1.24. The zero-order valence-corrected chi connectivity index (χ0v) is 10.8. The Morgan fingerprint density at radius 2 is 1.62 bits per heavy atom. The third kappa shape index (κ3) is 5.32. The zero-order valence-electron chi connectivity index (χ0n) is 10.8. The minimum absolute atomic E-state index is 0.184. The molecule has 5 nitrogen and oxygen atoms in total. The van der Waals surface area contributed by atoms with Gasteiger partial charge in [-0.2, -0.15) is 0 Å². The summed E-state index contributed by atoms with van der Waals surface area (Å²) in [7, 11) is 1.58. The third-order valence-electron chi connectivity index (χ3n) is 2.09. The van der Waals surface area contributed by atoms with E-state index >= 15 is 0 Å². The monoisotopic (exact) mass is 233 g/mol. The van der Waals surface area contributed by atoms with E-state index in [1.165, 1.54) is 4.90 Å². The van der Waals surface area contributed by atoms with Gasteiger partial charge in [0.25, 0.3) is 0 Å². The number of hydrogen-bond donors (Lipinski definition) is 2. The smallest absolute Gasteiger partial charge is 0.410 e. The van der Waals surface area contributed by atoms with Crippen molar-refractivity contribution in [3.63, 3.8) is 0 Å². The summed E-state index contributed by atoms with van der Waals surface area (Å²) >= 11 is 0. The molecule has 1 amide bonds. The number of aliphatic hydroxyl groups is 2. The molecule has 0 unspecified atom stereocenters. The lowest BCUT2D eigenvalue weighted by Crippen LogP contribution is -2.43. The van der Waals surface area contributed by atoms with E-state index in [1.54, 1.807) is 34.7 Å². The van der Waals surface area contributed by atoms with Gasteiger partial charge < -0.3 is 19.8 Å². The van der Waals surface area contributed by atoms with Gasteiger partial charge in [-0.25, -0.2) is 4.79 Å². The molecule has 0 aliphatic carbocycles. The first-order valence-corrected chi connectivity index (χ1v) is 5.29. The molecule has 2 N–H and O–H groups in total. The summed E-state index contributed by atoms with van der Waals surface area (Å²) < 4.78 is 5.16. The Balaban J connectivity index is 4.36. The fourth-order valence-corrected chi connectivity index (χ4v) is 1.13. The van der Waals surface area contributed by atoms with Gasteiger partial charge in [-0.1, -0.05) is 6.92 Å². The lowest BCUT2D eigenvalue weighted by molar-refractivity contribution is 0.00572. The van der Waals surface area contributed by atoms with Crippen molar-refractivity contribution >= 4 is 6.09 Å². The normalized spacial score (nSPS) is 12.4. The minimum Gasteiger partial charge on any atom is -0.444 e. The van der Waals surface area contributed by atoms with Gasteiger partial charge in [0, 0.05) is 19.0 Å². The van der Waals surface area contributed by atoms with Crippen LogP contribution in [0, 0.1) is 5.41 Å². The van der Waals surface area contributed by atoms with Crippen molar-refractivity contribution in [1.29, 1.82) is 0 Å². The Morgan fingerprint density at radius 3 is 1.94 bits per heavy atom. The lowest BCUT2D eigenvalue weighted by atomic mass is 9.92. The summed E-state index contributed by atoms with van der Waals surface area (Å²) in [6, 6.07) is 0. The van der Waals surface area contributed by atoms with Crippen molar-refractivity contribution in [2.45, 2.75) is 33.3 Å². The number of carbonyl (C=O) groups excluding carboxylic acids is 1. The maximum Gasteiger partial charge on any atom is 0.410 e. The van der Waals surface area contributed by atoms with Crippen LogP contribution in [-0.4, -0.2) is 53.6 Å². The number of nitrogens with zero attached hydrogens (tertiary/aromatic N) is 1. The van der Waals surface area contributed by atoms with Crippen molar-refractivity contribution in [3.8, 4) is 0 Å². The summed E-state index contributed by atoms with van der Waals surface area (Å²) in [6.45, 7) is 6.94. The number of ether oxygens (including phenoxy) is 1. The third-order valence-corrected chi connectivity index (χ3v) is 2.09. The summed E-state index contributed by atoms with van der Waals surface area (Å²) in [5, 5.41) is 18.2. The summed E-state index contributed by atoms with van der Waals surface area (Å²) in [5.74, 6) is 0. The minimum atomic E-state index is -0.703. The lowest BCUT2D eigenvalue weighted by Gasteiger charge is -2.31. The predicted octanol–water partition coefficient (Wildman–Crippen LogP) is 0.844. The van der Waals surface area contributed by atoms with Crippen LogP contribution < -0.4 is 0 Å². The van der Waals surface area contributed by atoms with Gasteiger partial charge in [-0.3, -0.25) is 0 Å². The molecule has 0 atom stereocenters. The number of amides is 1. The molecule has 0 aliphatic heterocycles. The van der Waals surface area contributed by atoms with E-state index in [0.717, 1.165) is 0 Å². The molecule has 5 heteroatoms. The Labute approximate surface area is 97.0 Å². The van der Waals surface area contributed by atoms with E-state index in [1.807, 2.05) is 0 Å². The molecule has 0 heterocycles. The average molecular weight is 233 g/mol. The van der Waals surface area contributed by atoms with Crippen LogP contribution in [-0.2, 0) is 4.74 Å². The molecule has 0 rings (SSSR count). The first-order chi connectivity index (χ1) is 7.13. The highest BCUT2D eigenvalue weighted by molar-refractivity contribution is 5.67. The van der Waals surface area contributed by atoms with Gasteiger partial charge >= 0.3 is 6.09 Å². The number of aliphatic hydroxyl groups excluding tert-OH is 2.